The molecular formula is C28H37ClFN3O3. The smallest absolute Gasteiger partial charge is 0.218 e. The number of pyridine rings is 1. The summed E-state index contributed by atoms with van der Waals surface area (Å²) < 4.78 is 20.3. The van der Waals surface area contributed by atoms with Crippen LogP contribution in [0.1, 0.15) is 76.1 Å². The quantitative estimate of drug-likeness (QED) is 0.463. The van der Waals surface area contributed by atoms with Crippen LogP contribution in [-0.4, -0.2) is 40.3 Å². The lowest BCUT2D eigenvalue weighted by Gasteiger charge is -2.47. The molecule has 3 atom stereocenters. The summed E-state index contributed by atoms with van der Waals surface area (Å²) >= 11 is 5.81. The summed E-state index contributed by atoms with van der Waals surface area (Å²) in [6, 6.07) is 6.10. The number of aliphatic hydroxyl groups excluding tert-OH is 1. The molecule has 1 fully saturated rings. The van der Waals surface area contributed by atoms with Crippen molar-refractivity contribution in [1.82, 2.24) is 15.6 Å². The molecule has 2 aliphatic rings. The van der Waals surface area contributed by atoms with Gasteiger partial charge in [-0.2, -0.15) is 0 Å². The van der Waals surface area contributed by atoms with E-state index < -0.39 is 18.0 Å². The van der Waals surface area contributed by atoms with Crippen molar-refractivity contribution >= 4 is 17.5 Å². The fourth-order valence-electron chi connectivity index (χ4n) is 5.22. The molecule has 0 radical (unpaired) electrons. The molecule has 0 bridgehead atoms. The van der Waals surface area contributed by atoms with E-state index in [0.29, 0.717) is 11.4 Å². The molecule has 3 N–H and O–H groups in total. The normalized spacial score (nSPS) is 20.1. The Kier molecular flexibility index (Phi) is 7.93. The average molecular weight is 518 g/mol. The number of halogens is 2. The lowest BCUT2D eigenvalue weighted by atomic mass is 9.73. The summed E-state index contributed by atoms with van der Waals surface area (Å²) in [4.78, 5) is 16.5. The first kappa shape index (κ1) is 26.8. The van der Waals surface area contributed by atoms with Crippen molar-refractivity contribution in [3.8, 4) is 5.88 Å². The first-order valence-corrected chi connectivity index (χ1v) is 13.1. The Hall–Kier alpha value is -2.22. The van der Waals surface area contributed by atoms with Crippen molar-refractivity contribution in [2.45, 2.75) is 90.0 Å². The maximum absolute atomic E-state index is 14.0. The molecule has 0 unspecified atom stereocenters. The van der Waals surface area contributed by atoms with Gasteiger partial charge in [-0.15, -0.1) is 0 Å². The fraction of sp³-hybridized carbons (Fsp3) is 0.571. The zero-order chi connectivity index (χ0) is 26.1. The number of ether oxygens (including phenoxy) is 1. The average Bonchev–Trinajstić information content (AvgIpc) is 2.76. The molecule has 6 nitrogen and oxygen atoms in total. The summed E-state index contributed by atoms with van der Waals surface area (Å²) in [5.74, 6) is -0.110. The molecule has 196 valence electrons. The van der Waals surface area contributed by atoms with Gasteiger partial charge in [0.25, 0.3) is 0 Å². The maximum Gasteiger partial charge on any atom is 0.218 e. The second-order valence-electron chi connectivity index (χ2n) is 11.6. The van der Waals surface area contributed by atoms with Gasteiger partial charge in [-0.1, -0.05) is 38.4 Å². The number of fused-ring (bicyclic) bond motifs is 1. The minimum Gasteiger partial charge on any atom is -0.471 e. The number of aromatic nitrogens is 1. The van der Waals surface area contributed by atoms with E-state index in [9.17, 15) is 14.3 Å². The summed E-state index contributed by atoms with van der Waals surface area (Å²) in [5.41, 5.74) is 2.74. The Morgan fingerprint density at radius 1 is 1.31 bits per heavy atom. The highest BCUT2D eigenvalue weighted by molar-refractivity contribution is 6.30. The van der Waals surface area contributed by atoms with Crippen LogP contribution in [0, 0.1) is 11.2 Å². The first-order valence-electron chi connectivity index (χ1n) is 12.7. The van der Waals surface area contributed by atoms with Crippen LogP contribution >= 0.6 is 11.6 Å². The molecule has 1 aromatic carbocycles. The topological polar surface area (TPSA) is 83.5 Å². The molecule has 4 rings (SSSR count). The molecule has 1 saturated carbocycles. The molecule has 8 heteroatoms. The number of carbonyl (C=O) groups excluding carboxylic acids is 1. The van der Waals surface area contributed by atoms with Gasteiger partial charge in [0.15, 0.2) is 0 Å². The molecule has 1 aliphatic heterocycles. The Morgan fingerprint density at radius 2 is 2.06 bits per heavy atom. The Balaban J connectivity index is 1.50. The summed E-state index contributed by atoms with van der Waals surface area (Å²) in [6.45, 7) is 8.27. The monoisotopic (exact) mass is 517 g/mol. The number of rotatable bonds is 8. The van der Waals surface area contributed by atoms with Crippen molar-refractivity contribution < 1.29 is 19.0 Å². The van der Waals surface area contributed by atoms with Crippen LogP contribution < -0.4 is 15.4 Å². The van der Waals surface area contributed by atoms with E-state index in [1.54, 1.807) is 6.07 Å². The standard InChI is InChI=1S/C28H37ClFN3O3/c1-17(34)33-23(12-18-6-7-21(29)22(30)11-18)25(35)16-31-24-14-28(8-5-9-28)36-26-20(24)10-19(15-32-26)13-27(2,3)4/h6-7,10-11,15,23-25,31,35H,5,8-9,12-14,16H2,1-4H3,(H,33,34)/t23-,24-,25-/m0/s1. The van der Waals surface area contributed by atoms with Crippen LogP contribution in [0.2, 0.25) is 5.02 Å². The molecule has 0 saturated heterocycles. The molecule has 1 aromatic heterocycles. The Labute approximate surface area is 218 Å². The molecule has 1 aliphatic carbocycles. The minimum absolute atomic E-state index is 0.0259. The number of nitrogens with one attached hydrogen (secondary N) is 2. The van der Waals surface area contributed by atoms with Gasteiger partial charge in [-0.3, -0.25) is 4.79 Å². The zero-order valence-corrected chi connectivity index (χ0v) is 22.3. The van der Waals surface area contributed by atoms with Gasteiger partial charge in [-0.25, -0.2) is 9.37 Å². The lowest BCUT2D eigenvalue weighted by Crippen LogP contribution is -2.52. The number of hydrogen-bond acceptors (Lipinski definition) is 5. The van der Waals surface area contributed by atoms with Crippen LogP contribution in [-0.2, 0) is 17.6 Å². The number of aliphatic hydroxyl groups is 1. The zero-order valence-electron chi connectivity index (χ0n) is 21.5. The third-order valence-corrected chi connectivity index (χ3v) is 7.37. The SMILES string of the molecule is CC(=O)N[C@@H](Cc1ccc(Cl)c(F)c1)[C@@H](O)CN[C@H]1CC2(CCC2)Oc2ncc(CC(C)(C)C)cc21. The number of carbonyl (C=O) groups is 1. The fourth-order valence-corrected chi connectivity index (χ4v) is 5.33. The Morgan fingerprint density at radius 3 is 2.67 bits per heavy atom. The summed E-state index contributed by atoms with van der Waals surface area (Å²) in [6.07, 6.45) is 6.13. The van der Waals surface area contributed by atoms with Gasteiger partial charge in [0.2, 0.25) is 11.8 Å². The largest absolute Gasteiger partial charge is 0.471 e. The van der Waals surface area contributed by atoms with Gasteiger partial charge in [0, 0.05) is 37.7 Å². The predicted octanol–water partition coefficient (Wildman–Crippen LogP) is 4.91. The van der Waals surface area contributed by atoms with Crippen molar-refractivity contribution in [2.75, 3.05) is 6.54 Å². The van der Waals surface area contributed by atoms with Gasteiger partial charge >= 0.3 is 0 Å². The summed E-state index contributed by atoms with van der Waals surface area (Å²) in [5, 5.41) is 17.5. The van der Waals surface area contributed by atoms with E-state index in [4.69, 9.17) is 16.3 Å². The third kappa shape index (κ3) is 6.55. The van der Waals surface area contributed by atoms with E-state index in [0.717, 1.165) is 43.2 Å². The van der Waals surface area contributed by atoms with E-state index in [-0.39, 0.29) is 41.0 Å². The number of nitrogens with zero attached hydrogens (tertiary/aromatic N) is 1. The van der Waals surface area contributed by atoms with Crippen LogP contribution in [0.5, 0.6) is 5.88 Å². The first-order chi connectivity index (χ1) is 16.9. The maximum atomic E-state index is 14.0. The number of benzene rings is 1. The summed E-state index contributed by atoms with van der Waals surface area (Å²) in [7, 11) is 0. The van der Waals surface area contributed by atoms with Crippen LogP contribution in [0.15, 0.2) is 30.5 Å². The predicted molar refractivity (Wildman–Crippen MR) is 139 cm³/mol. The third-order valence-electron chi connectivity index (χ3n) is 7.07. The Bertz CT molecular complexity index is 1100. The molecule has 1 amide bonds. The lowest BCUT2D eigenvalue weighted by molar-refractivity contribution is -0.120. The van der Waals surface area contributed by atoms with Crippen molar-refractivity contribution in [3.63, 3.8) is 0 Å². The second kappa shape index (κ2) is 10.6. The van der Waals surface area contributed by atoms with E-state index in [2.05, 4.69) is 42.5 Å². The van der Waals surface area contributed by atoms with Crippen LogP contribution in [0.3, 0.4) is 0 Å². The highest BCUT2D eigenvalue weighted by Crippen LogP contribution is 2.48. The minimum atomic E-state index is -0.887. The van der Waals surface area contributed by atoms with Crippen molar-refractivity contribution in [3.05, 3.63) is 58.0 Å². The van der Waals surface area contributed by atoms with E-state index in [1.165, 1.54) is 19.1 Å². The van der Waals surface area contributed by atoms with Crippen molar-refractivity contribution in [2.24, 2.45) is 5.41 Å². The van der Waals surface area contributed by atoms with Gasteiger partial charge in [0.05, 0.1) is 17.2 Å². The van der Waals surface area contributed by atoms with Crippen molar-refractivity contribution in [1.29, 1.82) is 0 Å². The van der Waals surface area contributed by atoms with E-state index >= 15 is 0 Å². The molecular weight excluding hydrogens is 481 g/mol. The molecule has 1 spiro atoms. The highest BCUT2D eigenvalue weighted by atomic mass is 35.5. The van der Waals surface area contributed by atoms with Gasteiger partial charge < -0.3 is 20.5 Å². The molecule has 2 heterocycles. The van der Waals surface area contributed by atoms with Gasteiger partial charge in [-0.05, 0) is 66.8 Å². The van der Waals surface area contributed by atoms with Crippen LogP contribution in [0.4, 0.5) is 4.39 Å². The van der Waals surface area contributed by atoms with Gasteiger partial charge in [0.1, 0.15) is 11.4 Å². The van der Waals surface area contributed by atoms with E-state index in [1.807, 2.05) is 6.20 Å². The number of amides is 1. The highest BCUT2D eigenvalue weighted by Gasteiger charge is 2.46. The second-order valence-corrected chi connectivity index (χ2v) is 12.0. The van der Waals surface area contributed by atoms with Crippen LogP contribution in [0.25, 0.3) is 0 Å². The number of hydrogen-bond donors (Lipinski definition) is 3. The molecule has 2 aromatic rings. The molecule has 36 heavy (non-hydrogen) atoms.